The Hall–Kier alpha value is -1.51. The van der Waals surface area contributed by atoms with Crippen LogP contribution in [0.1, 0.15) is 40.5 Å². The number of rotatable bonds is 7. The molecule has 3 heteroatoms. The van der Waals surface area contributed by atoms with E-state index in [1.165, 1.54) is 0 Å². The van der Waals surface area contributed by atoms with Crippen molar-refractivity contribution in [3.8, 4) is 0 Å². The van der Waals surface area contributed by atoms with E-state index in [0.29, 0.717) is 24.7 Å². The van der Waals surface area contributed by atoms with Crippen molar-refractivity contribution in [2.75, 3.05) is 5.32 Å². The molecule has 0 heterocycles. The molecule has 0 saturated heterocycles. The van der Waals surface area contributed by atoms with Crippen LogP contribution in [0.4, 0.5) is 5.69 Å². The number of nitrogens with one attached hydrogen (secondary N) is 1. The number of aliphatic carboxylic acids is 1. The first-order valence-electron chi connectivity index (χ1n) is 6.92. The minimum Gasteiger partial charge on any atom is -0.480 e. The van der Waals surface area contributed by atoms with Crippen molar-refractivity contribution in [3.05, 3.63) is 30.3 Å². The molecule has 0 aliphatic heterocycles. The molecule has 0 amide bonds. The van der Waals surface area contributed by atoms with Gasteiger partial charge in [-0.25, -0.2) is 4.79 Å². The second-order valence-corrected chi connectivity index (χ2v) is 6.07. The van der Waals surface area contributed by atoms with Crippen molar-refractivity contribution in [1.29, 1.82) is 0 Å². The van der Waals surface area contributed by atoms with Crippen molar-refractivity contribution in [2.45, 2.75) is 46.1 Å². The summed E-state index contributed by atoms with van der Waals surface area (Å²) in [7, 11) is 0. The monoisotopic (exact) mass is 263 g/mol. The molecule has 0 spiro atoms. The number of carboxylic acids is 1. The Balaban J connectivity index is 3.04. The third-order valence-electron chi connectivity index (χ3n) is 3.08. The molecule has 1 aromatic rings. The van der Waals surface area contributed by atoms with Crippen molar-refractivity contribution >= 4 is 11.7 Å². The topological polar surface area (TPSA) is 49.3 Å². The highest BCUT2D eigenvalue weighted by Gasteiger charge is 2.39. The summed E-state index contributed by atoms with van der Waals surface area (Å²) in [5.74, 6) is -0.115. The average Bonchev–Trinajstić information content (AvgIpc) is 2.27. The number of carbonyl (C=O) groups is 1. The molecule has 0 aliphatic rings. The summed E-state index contributed by atoms with van der Waals surface area (Å²) in [6, 6.07) is 9.59. The van der Waals surface area contributed by atoms with Gasteiger partial charge < -0.3 is 10.4 Å². The quantitative estimate of drug-likeness (QED) is 0.781. The van der Waals surface area contributed by atoms with Gasteiger partial charge in [-0.3, -0.25) is 0 Å². The minimum absolute atomic E-state index is 0.325. The highest BCUT2D eigenvalue weighted by molar-refractivity contribution is 5.82. The number of benzene rings is 1. The van der Waals surface area contributed by atoms with Gasteiger partial charge in [-0.1, -0.05) is 45.9 Å². The fourth-order valence-electron chi connectivity index (χ4n) is 2.61. The van der Waals surface area contributed by atoms with Gasteiger partial charge in [0.05, 0.1) is 0 Å². The summed E-state index contributed by atoms with van der Waals surface area (Å²) in [5, 5.41) is 13.0. The summed E-state index contributed by atoms with van der Waals surface area (Å²) in [4.78, 5) is 11.8. The van der Waals surface area contributed by atoms with Gasteiger partial charge >= 0.3 is 5.97 Å². The van der Waals surface area contributed by atoms with Gasteiger partial charge in [-0.05, 0) is 36.8 Å². The van der Waals surface area contributed by atoms with E-state index in [1.807, 2.05) is 30.3 Å². The van der Waals surface area contributed by atoms with Gasteiger partial charge in [0, 0.05) is 5.69 Å². The van der Waals surface area contributed by atoms with Crippen LogP contribution in [0.2, 0.25) is 0 Å². The zero-order valence-corrected chi connectivity index (χ0v) is 12.3. The van der Waals surface area contributed by atoms with Crippen molar-refractivity contribution in [3.63, 3.8) is 0 Å². The van der Waals surface area contributed by atoms with Crippen molar-refractivity contribution in [1.82, 2.24) is 0 Å². The summed E-state index contributed by atoms with van der Waals surface area (Å²) < 4.78 is 0. The summed E-state index contributed by atoms with van der Waals surface area (Å²) in [5.41, 5.74) is -0.0184. The van der Waals surface area contributed by atoms with E-state index in [0.717, 1.165) is 5.69 Å². The molecule has 2 N–H and O–H groups in total. The molecule has 0 saturated carbocycles. The molecule has 106 valence electrons. The van der Waals surface area contributed by atoms with Gasteiger partial charge in [-0.15, -0.1) is 0 Å². The number of carboxylic acid groups (broad SMARTS) is 1. The first-order chi connectivity index (χ1) is 8.85. The van der Waals surface area contributed by atoms with Crippen LogP contribution in [0.5, 0.6) is 0 Å². The molecule has 0 atom stereocenters. The first kappa shape index (κ1) is 15.5. The van der Waals surface area contributed by atoms with Gasteiger partial charge in [0.2, 0.25) is 0 Å². The lowest BCUT2D eigenvalue weighted by Crippen LogP contribution is -2.48. The predicted molar refractivity (Wildman–Crippen MR) is 79.3 cm³/mol. The molecule has 3 nitrogen and oxygen atoms in total. The number of hydrogen-bond acceptors (Lipinski definition) is 2. The summed E-state index contributed by atoms with van der Waals surface area (Å²) in [6.45, 7) is 8.24. The maximum absolute atomic E-state index is 11.8. The highest BCUT2D eigenvalue weighted by atomic mass is 16.4. The average molecular weight is 263 g/mol. The largest absolute Gasteiger partial charge is 0.480 e. The van der Waals surface area contributed by atoms with Crippen LogP contribution in [0.25, 0.3) is 0 Å². The van der Waals surface area contributed by atoms with Gasteiger partial charge in [-0.2, -0.15) is 0 Å². The van der Waals surface area contributed by atoms with Crippen LogP contribution in [-0.2, 0) is 4.79 Å². The van der Waals surface area contributed by atoms with Gasteiger partial charge in [0.15, 0.2) is 0 Å². The standard InChI is InChI=1S/C16H25NO2/c1-12(2)10-16(15(18)19,11-13(3)4)17-14-8-6-5-7-9-14/h5-9,12-13,17H,10-11H2,1-4H3,(H,18,19). The van der Waals surface area contributed by atoms with E-state index in [9.17, 15) is 9.90 Å². The molecule has 1 rings (SSSR count). The first-order valence-corrected chi connectivity index (χ1v) is 6.92. The van der Waals surface area contributed by atoms with Crippen LogP contribution in [0.15, 0.2) is 30.3 Å². The Morgan fingerprint density at radius 1 is 1.11 bits per heavy atom. The van der Waals surface area contributed by atoms with E-state index >= 15 is 0 Å². The predicted octanol–water partition coefficient (Wildman–Crippen LogP) is 4.01. The Morgan fingerprint density at radius 2 is 1.58 bits per heavy atom. The third-order valence-corrected chi connectivity index (χ3v) is 3.08. The number of hydrogen-bond donors (Lipinski definition) is 2. The van der Waals surface area contributed by atoms with Gasteiger partial charge in [0.25, 0.3) is 0 Å². The zero-order valence-electron chi connectivity index (χ0n) is 12.3. The van der Waals surface area contributed by atoms with Gasteiger partial charge in [0.1, 0.15) is 5.54 Å². The Bertz CT molecular complexity index is 388. The van der Waals surface area contributed by atoms with E-state index in [4.69, 9.17) is 0 Å². The number of para-hydroxylation sites is 1. The Labute approximate surface area is 116 Å². The molecule has 0 radical (unpaired) electrons. The molecule has 0 fully saturated rings. The second-order valence-electron chi connectivity index (χ2n) is 6.07. The fraction of sp³-hybridized carbons (Fsp3) is 0.562. The fourth-order valence-corrected chi connectivity index (χ4v) is 2.61. The Morgan fingerprint density at radius 3 is 1.95 bits per heavy atom. The number of anilines is 1. The van der Waals surface area contributed by atoms with E-state index in [2.05, 4.69) is 33.0 Å². The summed E-state index contributed by atoms with van der Waals surface area (Å²) in [6.07, 6.45) is 1.24. The third kappa shape index (κ3) is 4.58. The lowest BCUT2D eigenvalue weighted by Gasteiger charge is -2.34. The van der Waals surface area contributed by atoms with Crippen LogP contribution < -0.4 is 5.32 Å². The zero-order chi connectivity index (χ0) is 14.5. The lowest BCUT2D eigenvalue weighted by atomic mass is 9.81. The Kier molecular flexibility index (Phi) is 5.40. The molecule has 19 heavy (non-hydrogen) atoms. The van der Waals surface area contributed by atoms with E-state index < -0.39 is 11.5 Å². The molecule has 0 bridgehead atoms. The maximum Gasteiger partial charge on any atom is 0.329 e. The SMILES string of the molecule is CC(C)CC(CC(C)C)(Nc1ccccc1)C(=O)O. The second kappa shape index (κ2) is 6.60. The van der Waals surface area contributed by atoms with Crippen LogP contribution >= 0.6 is 0 Å². The highest BCUT2D eigenvalue weighted by Crippen LogP contribution is 2.29. The molecular weight excluding hydrogens is 238 g/mol. The molecule has 0 aromatic heterocycles. The van der Waals surface area contributed by atoms with Crippen LogP contribution in [0, 0.1) is 11.8 Å². The minimum atomic E-state index is -0.885. The van der Waals surface area contributed by atoms with Crippen LogP contribution in [-0.4, -0.2) is 16.6 Å². The summed E-state index contributed by atoms with van der Waals surface area (Å²) >= 11 is 0. The molecule has 0 unspecified atom stereocenters. The lowest BCUT2D eigenvalue weighted by molar-refractivity contribution is -0.143. The van der Waals surface area contributed by atoms with E-state index in [1.54, 1.807) is 0 Å². The van der Waals surface area contributed by atoms with E-state index in [-0.39, 0.29) is 0 Å². The van der Waals surface area contributed by atoms with Crippen LogP contribution in [0.3, 0.4) is 0 Å². The smallest absolute Gasteiger partial charge is 0.329 e. The maximum atomic E-state index is 11.8. The molecule has 1 aromatic carbocycles. The normalized spacial score (nSPS) is 11.9. The van der Waals surface area contributed by atoms with Crippen molar-refractivity contribution < 1.29 is 9.90 Å². The molecular formula is C16H25NO2. The van der Waals surface area contributed by atoms with Crippen molar-refractivity contribution in [2.24, 2.45) is 11.8 Å². The molecule has 0 aliphatic carbocycles.